The zero-order valence-corrected chi connectivity index (χ0v) is 16.3. The van der Waals surface area contributed by atoms with Crippen LogP contribution in [0.1, 0.15) is 46.0 Å². The molecule has 0 bridgehead atoms. The standard InChI is InChI=1S/C23H23N3O3/c1-16(27)14-26-21(28)18-8-5-9-19(20(18)22(26)29)25-12-10-23(15-24,11-13-25)17-6-3-2-4-7-17/h2-9,16,27H,10-14H2,1H3. The van der Waals surface area contributed by atoms with Gasteiger partial charge in [-0.2, -0.15) is 5.26 Å². The summed E-state index contributed by atoms with van der Waals surface area (Å²) < 4.78 is 0. The van der Waals surface area contributed by atoms with Gasteiger partial charge in [-0.25, -0.2) is 0 Å². The Morgan fingerprint density at radius 1 is 1.07 bits per heavy atom. The number of nitriles is 1. The lowest BCUT2D eigenvalue weighted by Gasteiger charge is -2.39. The van der Waals surface area contributed by atoms with Crippen LogP contribution in [-0.4, -0.2) is 47.6 Å². The van der Waals surface area contributed by atoms with Gasteiger partial charge in [0.2, 0.25) is 0 Å². The Labute approximate surface area is 170 Å². The average molecular weight is 389 g/mol. The quantitative estimate of drug-likeness (QED) is 0.813. The molecule has 0 aliphatic carbocycles. The largest absolute Gasteiger partial charge is 0.392 e. The predicted molar refractivity (Wildman–Crippen MR) is 109 cm³/mol. The van der Waals surface area contributed by atoms with E-state index in [0.29, 0.717) is 37.1 Å². The van der Waals surface area contributed by atoms with E-state index in [1.54, 1.807) is 19.1 Å². The number of hydrogen-bond acceptors (Lipinski definition) is 5. The molecule has 1 N–H and O–H groups in total. The predicted octanol–water partition coefficient (Wildman–Crippen LogP) is 2.73. The van der Waals surface area contributed by atoms with Crippen molar-refractivity contribution < 1.29 is 14.7 Å². The monoisotopic (exact) mass is 389 g/mol. The molecule has 2 aromatic carbocycles. The van der Waals surface area contributed by atoms with Crippen LogP contribution in [0.25, 0.3) is 0 Å². The Hall–Kier alpha value is -3.17. The summed E-state index contributed by atoms with van der Waals surface area (Å²) in [5.41, 5.74) is 2.01. The Morgan fingerprint density at radius 2 is 1.76 bits per heavy atom. The number of nitrogens with zero attached hydrogens (tertiary/aromatic N) is 3. The minimum absolute atomic E-state index is 0.0165. The van der Waals surface area contributed by atoms with E-state index in [0.717, 1.165) is 16.2 Å². The molecule has 1 unspecified atom stereocenters. The average Bonchev–Trinajstić information content (AvgIpc) is 2.99. The highest BCUT2D eigenvalue weighted by atomic mass is 16.3. The van der Waals surface area contributed by atoms with Crippen molar-refractivity contribution in [2.45, 2.75) is 31.3 Å². The fraction of sp³-hybridized carbons (Fsp3) is 0.348. The minimum Gasteiger partial charge on any atom is -0.392 e. The number of carbonyl (C=O) groups is 2. The smallest absolute Gasteiger partial charge is 0.263 e. The molecule has 2 amide bonds. The third kappa shape index (κ3) is 3.18. The topological polar surface area (TPSA) is 84.6 Å². The summed E-state index contributed by atoms with van der Waals surface area (Å²) in [6.45, 7) is 2.78. The number of benzene rings is 2. The maximum absolute atomic E-state index is 12.9. The number of aliphatic hydroxyl groups is 1. The zero-order chi connectivity index (χ0) is 20.6. The molecule has 29 heavy (non-hydrogen) atoms. The zero-order valence-electron chi connectivity index (χ0n) is 16.3. The molecule has 1 atom stereocenters. The molecule has 6 heteroatoms. The summed E-state index contributed by atoms with van der Waals surface area (Å²) in [7, 11) is 0. The van der Waals surface area contributed by atoms with Crippen molar-refractivity contribution in [2.24, 2.45) is 0 Å². The van der Waals surface area contributed by atoms with Crippen LogP contribution in [0.15, 0.2) is 48.5 Å². The summed E-state index contributed by atoms with van der Waals surface area (Å²) in [5.74, 6) is -0.720. The van der Waals surface area contributed by atoms with Gasteiger partial charge in [-0.15, -0.1) is 0 Å². The van der Waals surface area contributed by atoms with Crippen LogP contribution in [0.4, 0.5) is 5.69 Å². The van der Waals surface area contributed by atoms with Crippen molar-refractivity contribution in [3.8, 4) is 6.07 Å². The van der Waals surface area contributed by atoms with Gasteiger partial charge in [0, 0.05) is 13.1 Å². The maximum atomic E-state index is 12.9. The molecule has 0 saturated carbocycles. The molecular weight excluding hydrogens is 366 g/mol. The number of hydrogen-bond donors (Lipinski definition) is 1. The van der Waals surface area contributed by atoms with Crippen molar-refractivity contribution >= 4 is 17.5 Å². The first-order valence-corrected chi connectivity index (χ1v) is 9.86. The van der Waals surface area contributed by atoms with Gasteiger partial charge in [-0.1, -0.05) is 36.4 Å². The summed E-state index contributed by atoms with van der Waals surface area (Å²) >= 11 is 0. The van der Waals surface area contributed by atoms with Crippen molar-refractivity contribution in [3.05, 3.63) is 65.2 Å². The van der Waals surface area contributed by atoms with Gasteiger partial charge in [0.1, 0.15) is 0 Å². The van der Waals surface area contributed by atoms with E-state index >= 15 is 0 Å². The van der Waals surface area contributed by atoms with Crippen LogP contribution in [0, 0.1) is 11.3 Å². The normalized spacial score (nSPS) is 19.1. The first-order valence-electron chi connectivity index (χ1n) is 9.86. The Balaban J connectivity index is 1.61. The number of rotatable bonds is 4. The van der Waals surface area contributed by atoms with Crippen LogP contribution in [-0.2, 0) is 5.41 Å². The number of piperidine rings is 1. The third-order valence-electron chi connectivity index (χ3n) is 5.92. The molecule has 148 valence electrons. The van der Waals surface area contributed by atoms with Crippen molar-refractivity contribution in [2.75, 3.05) is 24.5 Å². The first-order chi connectivity index (χ1) is 14.0. The number of imide groups is 1. The van der Waals surface area contributed by atoms with Gasteiger partial charge < -0.3 is 10.0 Å². The lowest BCUT2D eigenvalue weighted by atomic mass is 9.74. The number of β-amino-alcohol motifs (C(OH)–C–C–N with tert-alkyl or cyclic N) is 1. The third-order valence-corrected chi connectivity index (χ3v) is 5.92. The second-order valence-corrected chi connectivity index (χ2v) is 7.82. The molecule has 2 aromatic rings. The molecule has 0 aromatic heterocycles. The molecule has 2 heterocycles. The van der Waals surface area contributed by atoms with Gasteiger partial charge >= 0.3 is 0 Å². The van der Waals surface area contributed by atoms with Gasteiger partial charge in [0.05, 0.1) is 40.9 Å². The van der Waals surface area contributed by atoms with Crippen molar-refractivity contribution in [3.63, 3.8) is 0 Å². The van der Waals surface area contributed by atoms with Gasteiger partial charge in [-0.05, 0) is 37.5 Å². The molecule has 1 saturated heterocycles. The minimum atomic E-state index is -0.780. The Morgan fingerprint density at radius 3 is 2.38 bits per heavy atom. The van der Waals surface area contributed by atoms with Crippen LogP contribution in [0.2, 0.25) is 0 Å². The van der Waals surface area contributed by atoms with E-state index in [4.69, 9.17) is 0 Å². The lowest BCUT2D eigenvalue weighted by Crippen LogP contribution is -2.42. The van der Waals surface area contributed by atoms with E-state index in [1.807, 2.05) is 36.4 Å². The van der Waals surface area contributed by atoms with Crippen LogP contribution in [0.3, 0.4) is 0 Å². The molecule has 0 radical (unpaired) electrons. The van der Waals surface area contributed by atoms with E-state index in [2.05, 4.69) is 11.0 Å². The fourth-order valence-electron chi connectivity index (χ4n) is 4.36. The number of carbonyl (C=O) groups excluding carboxylic acids is 2. The number of amides is 2. The van der Waals surface area contributed by atoms with E-state index in [1.165, 1.54) is 0 Å². The Bertz CT molecular complexity index is 986. The van der Waals surface area contributed by atoms with Crippen LogP contribution < -0.4 is 4.90 Å². The second kappa shape index (κ2) is 7.34. The van der Waals surface area contributed by atoms with Gasteiger partial charge in [0.15, 0.2) is 0 Å². The van der Waals surface area contributed by atoms with E-state index in [-0.39, 0.29) is 18.4 Å². The molecule has 6 nitrogen and oxygen atoms in total. The molecule has 1 fully saturated rings. The highest BCUT2D eigenvalue weighted by molar-refractivity contribution is 6.23. The molecule has 2 aliphatic rings. The lowest BCUT2D eigenvalue weighted by molar-refractivity contribution is 0.0563. The van der Waals surface area contributed by atoms with Gasteiger partial charge in [-0.3, -0.25) is 14.5 Å². The summed E-state index contributed by atoms with van der Waals surface area (Å²) in [6, 6.07) is 17.7. The van der Waals surface area contributed by atoms with Crippen LogP contribution in [0.5, 0.6) is 0 Å². The summed E-state index contributed by atoms with van der Waals surface area (Å²) in [6.07, 6.45) is 0.519. The highest BCUT2D eigenvalue weighted by Crippen LogP contribution is 2.39. The fourth-order valence-corrected chi connectivity index (χ4v) is 4.36. The Kier molecular flexibility index (Phi) is 4.85. The van der Waals surface area contributed by atoms with E-state index in [9.17, 15) is 20.0 Å². The molecular formula is C23H23N3O3. The first kappa shape index (κ1) is 19.2. The number of aliphatic hydroxyl groups excluding tert-OH is 1. The molecule has 4 rings (SSSR count). The summed E-state index contributed by atoms with van der Waals surface area (Å²) in [4.78, 5) is 28.8. The van der Waals surface area contributed by atoms with E-state index < -0.39 is 11.5 Å². The second-order valence-electron chi connectivity index (χ2n) is 7.82. The highest BCUT2D eigenvalue weighted by Gasteiger charge is 2.41. The SMILES string of the molecule is CC(O)CN1C(=O)c2cccc(N3CCC(C#N)(c4ccccc4)CC3)c2C1=O. The van der Waals surface area contributed by atoms with Crippen molar-refractivity contribution in [1.29, 1.82) is 5.26 Å². The molecule has 2 aliphatic heterocycles. The maximum Gasteiger partial charge on any atom is 0.263 e. The number of anilines is 1. The summed E-state index contributed by atoms with van der Waals surface area (Å²) in [5, 5.41) is 19.6. The van der Waals surface area contributed by atoms with Crippen LogP contribution >= 0.6 is 0 Å². The number of fused-ring (bicyclic) bond motifs is 1. The van der Waals surface area contributed by atoms with Crippen molar-refractivity contribution in [1.82, 2.24) is 4.90 Å². The van der Waals surface area contributed by atoms with Gasteiger partial charge in [0.25, 0.3) is 11.8 Å². The molecule has 0 spiro atoms.